The van der Waals surface area contributed by atoms with Crippen LogP contribution in [0, 0.1) is 0 Å². The number of benzene rings is 1. The number of amides is 2. The molecule has 6 rings (SSSR count). The van der Waals surface area contributed by atoms with Gasteiger partial charge in [-0.2, -0.15) is 0 Å². The summed E-state index contributed by atoms with van der Waals surface area (Å²) in [6, 6.07) is 10.7. The number of urea groups is 1. The highest BCUT2D eigenvalue weighted by molar-refractivity contribution is 5.99. The van der Waals surface area contributed by atoms with Gasteiger partial charge in [-0.1, -0.05) is 5.16 Å². The molecule has 4 aromatic rings. The van der Waals surface area contributed by atoms with E-state index in [1.807, 2.05) is 30.3 Å². The van der Waals surface area contributed by atoms with Gasteiger partial charge in [0.1, 0.15) is 24.2 Å². The Hall–Kier alpha value is -4.58. The minimum atomic E-state index is -0.412. The number of nitrogens with one attached hydrogen (secondary N) is 2. The van der Waals surface area contributed by atoms with Crippen LogP contribution in [0.15, 0.2) is 59.7 Å². The van der Waals surface area contributed by atoms with Crippen molar-refractivity contribution in [3.63, 3.8) is 0 Å². The van der Waals surface area contributed by atoms with Gasteiger partial charge in [-0.05, 0) is 43.7 Å². The summed E-state index contributed by atoms with van der Waals surface area (Å²) >= 11 is 0. The Balaban J connectivity index is 1.29. The van der Waals surface area contributed by atoms with Crippen LogP contribution in [0.5, 0.6) is 0 Å². The second-order valence-corrected chi connectivity index (χ2v) is 9.19. The van der Waals surface area contributed by atoms with Gasteiger partial charge < -0.3 is 24.4 Å². The zero-order valence-electron chi connectivity index (χ0n) is 20.9. The van der Waals surface area contributed by atoms with Crippen LogP contribution in [0.1, 0.15) is 18.2 Å². The van der Waals surface area contributed by atoms with E-state index in [1.165, 1.54) is 11.8 Å². The first kappa shape index (κ1) is 23.8. The zero-order valence-corrected chi connectivity index (χ0v) is 20.9. The predicted octanol–water partition coefficient (Wildman–Crippen LogP) is 3.35. The summed E-state index contributed by atoms with van der Waals surface area (Å²) in [6.07, 6.45) is 5.54. The minimum Gasteiger partial charge on any atom is -0.377 e. The number of rotatable bonds is 5. The SMILES string of the molecule is CC1COCCN1c1nc(-c2ccc(NC(=O)Nc3ccon3)cc2)nc2c1CCN(c1ccncn1)C2. The van der Waals surface area contributed by atoms with Crippen molar-refractivity contribution in [2.24, 2.45) is 0 Å². The molecule has 0 bridgehead atoms. The molecule has 1 saturated heterocycles. The first-order valence-corrected chi connectivity index (χ1v) is 12.5. The molecule has 1 fully saturated rings. The average Bonchev–Trinajstić information content (AvgIpc) is 3.46. The number of nitrogens with zero attached hydrogens (tertiary/aromatic N) is 7. The molecular weight excluding hydrogens is 486 g/mol. The fourth-order valence-corrected chi connectivity index (χ4v) is 4.74. The van der Waals surface area contributed by atoms with E-state index in [9.17, 15) is 4.79 Å². The van der Waals surface area contributed by atoms with Gasteiger partial charge in [-0.25, -0.2) is 24.7 Å². The zero-order chi connectivity index (χ0) is 25.9. The second kappa shape index (κ2) is 10.4. The van der Waals surface area contributed by atoms with Crippen LogP contribution in [0.4, 0.5) is 27.9 Å². The number of hydrogen-bond donors (Lipinski definition) is 2. The average molecular weight is 514 g/mol. The third kappa shape index (κ3) is 4.98. The molecular formula is C26H27N9O3. The summed E-state index contributed by atoms with van der Waals surface area (Å²) in [5.74, 6) is 2.83. The topological polar surface area (TPSA) is 134 Å². The molecule has 2 aliphatic rings. The summed E-state index contributed by atoms with van der Waals surface area (Å²) in [5, 5.41) is 9.07. The molecule has 38 heavy (non-hydrogen) atoms. The Bertz CT molecular complexity index is 1400. The molecule has 1 atom stereocenters. The lowest BCUT2D eigenvalue weighted by molar-refractivity contribution is 0.0984. The quantitative estimate of drug-likeness (QED) is 0.409. The largest absolute Gasteiger partial charge is 0.377 e. The van der Waals surface area contributed by atoms with Crippen LogP contribution >= 0.6 is 0 Å². The lowest BCUT2D eigenvalue weighted by Gasteiger charge is -2.38. The van der Waals surface area contributed by atoms with Crippen LogP contribution in [-0.4, -0.2) is 63.5 Å². The molecule has 1 aromatic carbocycles. The third-order valence-electron chi connectivity index (χ3n) is 6.65. The maximum absolute atomic E-state index is 12.2. The Morgan fingerprint density at radius 1 is 1.08 bits per heavy atom. The molecule has 2 amide bonds. The number of carbonyl (C=O) groups is 1. The van der Waals surface area contributed by atoms with Crippen molar-refractivity contribution in [1.29, 1.82) is 0 Å². The molecule has 2 aliphatic heterocycles. The minimum absolute atomic E-state index is 0.213. The van der Waals surface area contributed by atoms with E-state index in [0.29, 0.717) is 37.1 Å². The summed E-state index contributed by atoms with van der Waals surface area (Å²) in [4.78, 5) is 35.3. The summed E-state index contributed by atoms with van der Waals surface area (Å²) in [5.41, 5.74) is 3.65. The molecule has 0 radical (unpaired) electrons. The lowest BCUT2D eigenvalue weighted by atomic mass is 10.0. The maximum Gasteiger partial charge on any atom is 0.324 e. The van der Waals surface area contributed by atoms with Crippen molar-refractivity contribution in [2.75, 3.05) is 46.7 Å². The molecule has 1 unspecified atom stereocenters. The van der Waals surface area contributed by atoms with Crippen molar-refractivity contribution in [3.05, 3.63) is 66.4 Å². The van der Waals surface area contributed by atoms with Crippen LogP contribution in [0.3, 0.4) is 0 Å². The van der Waals surface area contributed by atoms with Gasteiger partial charge in [0.2, 0.25) is 0 Å². The van der Waals surface area contributed by atoms with Gasteiger partial charge in [-0.15, -0.1) is 0 Å². The maximum atomic E-state index is 12.2. The summed E-state index contributed by atoms with van der Waals surface area (Å²) in [6.45, 7) is 5.74. The number of morpholine rings is 1. The number of aromatic nitrogens is 5. The van der Waals surface area contributed by atoms with E-state index < -0.39 is 6.03 Å². The first-order valence-electron chi connectivity index (χ1n) is 12.5. The third-order valence-corrected chi connectivity index (χ3v) is 6.65. The molecule has 3 aromatic heterocycles. The lowest BCUT2D eigenvalue weighted by Crippen LogP contribution is -2.45. The van der Waals surface area contributed by atoms with E-state index in [4.69, 9.17) is 19.2 Å². The molecule has 0 spiro atoms. The predicted molar refractivity (Wildman–Crippen MR) is 141 cm³/mol. The fourth-order valence-electron chi connectivity index (χ4n) is 4.74. The van der Waals surface area contributed by atoms with Gasteiger partial charge >= 0.3 is 6.03 Å². The molecule has 12 nitrogen and oxygen atoms in total. The highest BCUT2D eigenvalue weighted by Gasteiger charge is 2.29. The standard InChI is InChI=1S/C26H27N9O3/c1-17-15-37-13-11-35(17)25-20-7-10-34(23-6-9-27-16-28-23)14-21(20)30-24(32-25)18-2-4-19(5-3-18)29-26(36)31-22-8-12-38-33-22/h2-6,8-9,12,16-17H,7,10-11,13-15H2,1H3,(H2,29,31,33,36). The van der Waals surface area contributed by atoms with Crippen LogP contribution in [0.2, 0.25) is 0 Å². The van der Waals surface area contributed by atoms with Crippen molar-refractivity contribution in [3.8, 4) is 11.4 Å². The Morgan fingerprint density at radius 3 is 2.74 bits per heavy atom. The monoisotopic (exact) mass is 513 g/mol. The van der Waals surface area contributed by atoms with Gasteiger partial charge in [0, 0.05) is 42.2 Å². The van der Waals surface area contributed by atoms with Crippen molar-refractivity contribution < 1.29 is 14.1 Å². The van der Waals surface area contributed by atoms with E-state index >= 15 is 0 Å². The number of hydrogen-bond acceptors (Lipinski definition) is 10. The molecule has 5 heterocycles. The van der Waals surface area contributed by atoms with Crippen molar-refractivity contribution in [2.45, 2.75) is 25.9 Å². The smallest absolute Gasteiger partial charge is 0.324 e. The number of fused-ring (bicyclic) bond motifs is 1. The fraction of sp³-hybridized carbons (Fsp3) is 0.308. The van der Waals surface area contributed by atoms with Crippen LogP contribution < -0.4 is 20.4 Å². The molecule has 194 valence electrons. The summed E-state index contributed by atoms with van der Waals surface area (Å²) in [7, 11) is 0. The van der Waals surface area contributed by atoms with Gasteiger partial charge in [-0.3, -0.25) is 5.32 Å². The van der Waals surface area contributed by atoms with Crippen LogP contribution in [-0.2, 0) is 17.7 Å². The molecule has 12 heteroatoms. The Morgan fingerprint density at radius 2 is 1.97 bits per heavy atom. The highest BCUT2D eigenvalue weighted by Crippen LogP contribution is 2.32. The first-order chi connectivity index (χ1) is 18.6. The van der Waals surface area contributed by atoms with E-state index in [1.54, 1.807) is 18.6 Å². The number of carbonyl (C=O) groups excluding carboxylic acids is 1. The second-order valence-electron chi connectivity index (χ2n) is 9.19. The van der Waals surface area contributed by atoms with Crippen molar-refractivity contribution in [1.82, 2.24) is 25.1 Å². The molecule has 2 N–H and O–H groups in total. The van der Waals surface area contributed by atoms with E-state index in [2.05, 4.69) is 42.5 Å². The van der Waals surface area contributed by atoms with Crippen molar-refractivity contribution >= 4 is 29.2 Å². The van der Waals surface area contributed by atoms with Gasteiger partial charge in [0.15, 0.2) is 11.6 Å². The Kier molecular flexibility index (Phi) is 6.53. The van der Waals surface area contributed by atoms with E-state index in [-0.39, 0.29) is 6.04 Å². The molecule has 0 aliphatic carbocycles. The Labute approximate surface area is 219 Å². The van der Waals surface area contributed by atoms with Gasteiger partial charge in [0.25, 0.3) is 0 Å². The number of anilines is 4. The summed E-state index contributed by atoms with van der Waals surface area (Å²) < 4.78 is 10.4. The molecule has 0 saturated carbocycles. The normalized spacial score (nSPS) is 17.1. The van der Waals surface area contributed by atoms with Gasteiger partial charge in [0.05, 0.1) is 31.5 Å². The van der Waals surface area contributed by atoms with Crippen LogP contribution in [0.25, 0.3) is 11.4 Å². The van der Waals surface area contributed by atoms with E-state index in [0.717, 1.165) is 42.4 Å². The number of ether oxygens (including phenoxy) is 1. The highest BCUT2D eigenvalue weighted by atomic mass is 16.5.